The van der Waals surface area contributed by atoms with Gasteiger partial charge in [-0.3, -0.25) is 0 Å². The fraction of sp³-hybridized carbons (Fsp3) is 0.357. The molecule has 1 fully saturated rings. The Kier molecular flexibility index (Phi) is 3.88. The van der Waals surface area contributed by atoms with Crippen LogP contribution in [0.25, 0.3) is 5.57 Å². The third kappa shape index (κ3) is 2.46. The van der Waals surface area contributed by atoms with Crippen LogP contribution < -0.4 is 4.90 Å². The molecule has 1 heterocycles. The molecule has 6 rings (SSSR count). The van der Waals surface area contributed by atoms with Gasteiger partial charge in [-0.25, -0.2) is 0 Å². The van der Waals surface area contributed by atoms with Crippen molar-refractivity contribution in [1.29, 1.82) is 0 Å². The number of hydrogen-bond donors (Lipinski definition) is 0. The number of fused-ring (bicyclic) bond motifs is 6. The van der Waals surface area contributed by atoms with Crippen LogP contribution in [-0.4, -0.2) is 6.54 Å². The topological polar surface area (TPSA) is 3.24 Å². The van der Waals surface area contributed by atoms with Crippen LogP contribution in [0.15, 0.2) is 72.8 Å². The molecule has 3 aliphatic carbocycles. The lowest BCUT2D eigenvalue weighted by Crippen LogP contribution is -2.29. The van der Waals surface area contributed by atoms with E-state index in [4.69, 9.17) is 0 Å². The van der Waals surface area contributed by atoms with Crippen LogP contribution in [0.2, 0.25) is 0 Å². The molecule has 0 amide bonds. The van der Waals surface area contributed by atoms with Gasteiger partial charge in [0.05, 0.1) is 0 Å². The fourth-order valence-electron chi connectivity index (χ4n) is 6.63. The third-order valence-electron chi connectivity index (χ3n) is 7.99. The van der Waals surface area contributed by atoms with E-state index >= 15 is 0 Å². The molecule has 4 aliphatic rings. The lowest BCUT2D eigenvalue weighted by atomic mass is 9.69. The molecule has 29 heavy (non-hydrogen) atoms. The molecule has 2 aromatic carbocycles. The predicted octanol–water partition coefficient (Wildman–Crippen LogP) is 7.11. The summed E-state index contributed by atoms with van der Waals surface area (Å²) >= 11 is 0. The summed E-state index contributed by atoms with van der Waals surface area (Å²) in [6.07, 6.45) is 15.8. The maximum absolute atomic E-state index is 4.06. The van der Waals surface area contributed by atoms with E-state index in [2.05, 4.69) is 72.2 Å². The molecule has 1 saturated carbocycles. The smallest absolute Gasteiger partial charge is 0.0443 e. The van der Waals surface area contributed by atoms with Gasteiger partial charge in [0.1, 0.15) is 0 Å². The van der Waals surface area contributed by atoms with Crippen LogP contribution in [-0.2, 0) is 11.8 Å². The molecule has 1 atom stereocenters. The minimum Gasteiger partial charge on any atom is -0.341 e. The van der Waals surface area contributed by atoms with E-state index in [-0.39, 0.29) is 0 Å². The number of para-hydroxylation sites is 1. The summed E-state index contributed by atoms with van der Waals surface area (Å²) in [5, 5.41) is 0. The average molecular weight is 380 g/mol. The van der Waals surface area contributed by atoms with Crippen molar-refractivity contribution < 1.29 is 0 Å². The molecule has 0 bridgehead atoms. The summed E-state index contributed by atoms with van der Waals surface area (Å²) in [6.45, 7) is 5.18. The zero-order valence-electron chi connectivity index (χ0n) is 17.2. The number of nitrogens with zero attached hydrogens (tertiary/aromatic N) is 1. The van der Waals surface area contributed by atoms with Crippen molar-refractivity contribution in [3.05, 3.63) is 89.5 Å². The van der Waals surface area contributed by atoms with Crippen molar-refractivity contribution in [1.82, 2.24) is 0 Å². The molecule has 146 valence electrons. The average Bonchev–Trinajstić information content (AvgIpc) is 3.38. The largest absolute Gasteiger partial charge is 0.341 e. The molecule has 2 aromatic rings. The lowest BCUT2D eigenvalue weighted by Gasteiger charge is -2.35. The van der Waals surface area contributed by atoms with Crippen LogP contribution in [0.4, 0.5) is 11.4 Å². The summed E-state index contributed by atoms with van der Waals surface area (Å²) in [5.41, 5.74) is 10.8. The second kappa shape index (κ2) is 6.49. The number of rotatable bonds is 2. The van der Waals surface area contributed by atoms with Gasteiger partial charge in [-0.05, 0) is 84.1 Å². The van der Waals surface area contributed by atoms with E-state index in [1.54, 1.807) is 11.1 Å². The number of aryl methyl sites for hydroxylation is 1. The van der Waals surface area contributed by atoms with Crippen molar-refractivity contribution in [3.63, 3.8) is 0 Å². The normalized spacial score (nSPS) is 23.9. The highest BCUT2D eigenvalue weighted by Crippen LogP contribution is 2.61. The molecular weight excluding hydrogens is 350 g/mol. The minimum absolute atomic E-state index is 0.342. The Hall–Kier alpha value is -2.54. The molecule has 0 radical (unpaired) electrons. The van der Waals surface area contributed by atoms with E-state index in [1.807, 2.05) is 0 Å². The van der Waals surface area contributed by atoms with E-state index in [9.17, 15) is 0 Å². The third-order valence-corrected chi connectivity index (χ3v) is 7.99. The molecule has 1 aliphatic heterocycles. The van der Waals surface area contributed by atoms with E-state index in [1.165, 1.54) is 66.6 Å². The Morgan fingerprint density at radius 3 is 2.72 bits per heavy atom. The second-order valence-corrected chi connectivity index (χ2v) is 9.30. The van der Waals surface area contributed by atoms with E-state index in [0.29, 0.717) is 11.3 Å². The van der Waals surface area contributed by atoms with Gasteiger partial charge in [0, 0.05) is 23.3 Å². The minimum atomic E-state index is 0.342. The molecule has 1 unspecified atom stereocenters. The van der Waals surface area contributed by atoms with E-state index in [0.717, 1.165) is 13.0 Å². The zero-order chi connectivity index (χ0) is 19.4. The first-order valence-electron chi connectivity index (χ1n) is 11.3. The molecule has 1 spiro atoms. The van der Waals surface area contributed by atoms with Crippen LogP contribution in [0.3, 0.4) is 0 Å². The van der Waals surface area contributed by atoms with Crippen molar-refractivity contribution in [2.45, 2.75) is 50.4 Å². The quantitative estimate of drug-likeness (QED) is 0.537. The monoisotopic (exact) mass is 379 g/mol. The maximum Gasteiger partial charge on any atom is 0.0443 e. The standard InChI is InChI=1S/C28H29N/c1-2-20-11-13-23-24-14-12-22(29-17-7-9-21-8-3-4-10-27(21)29)19-26(24)28(25(23)18-20)15-5-6-16-28/h2-4,8,10-14,19,25H,1,5-7,9,15-18H2. The Morgan fingerprint density at radius 1 is 1.00 bits per heavy atom. The van der Waals surface area contributed by atoms with Gasteiger partial charge in [-0.15, -0.1) is 0 Å². The Balaban J connectivity index is 1.49. The molecule has 0 aromatic heterocycles. The summed E-state index contributed by atoms with van der Waals surface area (Å²) in [6, 6.07) is 16.3. The van der Waals surface area contributed by atoms with Crippen LogP contribution >= 0.6 is 0 Å². The van der Waals surface area contributed by atoms with Crippen LogP contribution in [0.5, 0.6) is 0 Å². The molecular formula is C28H29N. The first kappa shape index (κ1) is 17.3. The van der Waals surface area contributed by atoms with Crippen LogP contribution in [0.1, 0.15) is 55.2 Å². The van der Waals surface area contributed by atoms with Gasteiger partial charge in [0.25, 0.3) is 0 Å². The molecule has 0 N–H and O–H groups in total. The number of benzene rings is 2. The van der Waals surface area contributed by atoms with E-state index < -0.39 is 0 Å². The highest BCUT2D eigenvalue weighted by molar-refractivity contribution is 5.83. The Bertz CT molecular complexity index is 1050. The first-order valence-corrected chi connectivity index (χ1v) is 11.3. The second-order valence-electron chi connectivity index (χ2n) is 9.30. The Labute approximate surface area is 174 Å². The summed E-state index contributed by atoms with van der Waals surface area (Å²) in [4.78, 5) is 2.56. The molecule has 1 nitrogen and oxygen atoms in total. The fourth-order valence-corrected chi connectivity index (χ4v) is 6.63. The summed E-state index contributed by atoms with van der Waals surface area (Å²) < 4.78 is 0. The Morgan fingerprint density at radius 2 is 1.86 bits per heavy atom. The number of hydrogen-bond acceptors (Lipinski definition) is 1. The van der Waals surface area contributed by atoms with Gasteiger partial charge in [0.15, 0.2) is 0 Å². The van der Waals surface area contributed by atoms with Crippen molar-refractivity contribution in [2.24, 2.45) is 5.92 Å². The van der Waals surface area contributed by atoms with Crippen molar-refractivity contribution in [3.8, 4) is 0 Å². The molecule has 1 heteroatoms. The maximum atomic E-state index is 4.06. The van der Waals surface area contributed by atoms with Crippen molar-refractivity contribution in [2.75, 3.05) is 11.4 Å². The first-order chi connectivity index (χ1) is 14.3. The van der Waals surface area contributed by atoms with Crippen molar-refractivity contribution >= 4 is 16.9 Å². The highest BCUT2D eigenvalue weighted by Gasteiger charge is 2.51. The summed E-state index contributed by atoms with van der Waals surface area (Å²) in [7, 11) is 0. The number of anilines is 2. The predicted molar refractivity (Wildman–Crippen MR) is 123 cm³/mol. The van der Waals surface area contributed by atoms with Gasteiger partial charge in [0.2, 0.25) is 0 Å². The summed E-state index contributed by atoms with van der Waals surface area (Å²) in [5.74, 6) is 0.641. The van der Waals surface area contributed by atoms with Gasteiger partial charge in [-0.2, -0.15) is 0 Å². The molecule has 0 saturated heterocycles. The van der Waals surface area contributed by atoms with Gasteiger partial charge < -0.3 is 4.90 Å². The zero-order valence-corrected chi connectivity index (χ0v) is 17.2. The van der Waals surface area contributed by atoms with Crippen LogP contribution in [0, 0.1) is 5.92 Å². The van der Waals surface area contributed by atoms with Gasteiger partial charge >= 0.3 is 0 Å². The number of allylic oxidation sites excluding steroid dienone is 5. The SMILES string of the molecule is C=CC1=CC=C2c3ccc(N4CCCc5ccccc54)cc3C3(CCCC3)C2C1. The lowest BCUT2D eigenvalue weighted by molar-refractivity contribution is 0.348. The van der Waals surface area contributed by atoms with Gasteiger partial charge in [-0.1, -0.05) is 61.9 Å². The highest BCUT2D eigenvalue weighted by atomic mass is 15.1.